The molecule has 4 nitrogen and oxygen atoms in total. The molecule has 3 aromatic rings. The number of ether oxygens (including phenoxy) is 2. The Hall–Kier alpha value is -2.46. The maximum atomic E-state index is 14.5. The number of hydrogen-bond donors (Lipinski definition) is 1. The Morgan fingerprint density at radius 3 is 2.48 bits per heavy atom. The monoisotopic (exact) mass is 531 g/mol. The zero-order chi connectivity index (χ0) is 24.3. The predicted octanol–water partition coefficient (Wildman–Crippen LogP) is 6.39. The van der Waals surface area contributed by atoms with Crippen LogP contribution >= 0.6 is 15.9 Å². The Kier molecular flexibility index (Phi) is 5.81. The van der Waals surface area contributed by atoms with Crippen LogP contribution in [0.3, 0.4) is 0 Å². The zero-order valence-electron chi connectivity index (χ0n) is 17.7. The molecule has 1 N–H and O–H groups in total. The minimum Gasteiger partial charge on any atom is -0.493 e. The Morgan fingerprint density at radius 2 is 1.85 bits per heavy atom. The van der Waals surface area contributed by atoms with Gasteiger partial charge in [0.15, 0.2) is 22.6 Å². The minimum atomic E-state index is -4.77. The maximum absolute atomic E-state index is 14.5. The lowest BCUT2D eigenvalue weighted by atomic mass is 9.76. The molecule has 1 saturated heterocycles. The molecule has 0 unspecified atom stereocenters. The maximum Gasteiger partial charge on any atom is 0.417 e. The van der Waals surface area contributed by atoms with Crippen LogP contribution in [0.25, 0.3) is 10.9 Å². The summed E-state index contributed by atoms with van der Waals surface area (Å²) < 4.78 is 81.9. The van der Waals surface area contributed by atoms with E-state index in [9.17, 15) is 26.7 Å². The molecular weight excluding hydrogens is 513 g/mol. The first kappa shape index (κ1) is 23.7. The molecule has 2 aromatic carbocycles. The van der Waals surface area contributed by atoms with Crippen molar-refractivity contribution in [1.82, 2.24) is 4.98 Å². The van der Waals surface area contributed by atoms with Crippen molar-refractivity contribution in [2.24, 2.45) is 5.92 Å². The normalized spacial score (nSPS) is 25.5. The molecule has 1 aromatic heterocycles. The Balaban J connectivity index is 1.96. The SMILES string of the molecule is COc1c([C@H]2[C@H](c3cc(=O)c4cc(Br)ccc4[nH]3)O[C@@](C)(C(F)(F)F)[C@H]2C)ccc(F)c1F. The number of H-pyrrole nitrogens is 1. The number of nitrogens with one attached hydrogen (secondary N) is 1. The quantitative estimate of drug-likeness (QED) is 0.398. The average Bonchev–Trinajstić information content (AvgIpc) is 3.02. The highest BCUT2D eigenvalue weighted by atomic mass is 79.9. The highest BCUT2D eigenvalue weighted by Crippen LogP contribution is 2.59. The molecule has 33 heavy (non-hydrogen) atoms. The van der Waals surface area contributed by atoms with Gasteiger partial charge < -0.3 is 14.5 Å². The molecule has 0 bridgehead atoms. The van der Waals surface area contributed by atoms with E-state index in [2.05, 4.69) is 20.9 Å². The fourth-order valence-corrected chi connectivity index (χ4v) is 4.83. The Labute approximate surface area is 193 Å². The van der Waals surface area contributed by atoms with Gasteiger partial charge in [-0.15, -0.1) is 0 Å². The van der Waals surface area contributed by atoms with Crippen LogP contribution in [0, 0.1) is 17.6 Å². The third kappa shape index (κ3) is 3.73. The first-order valence-electron chi connectivity index (χ1n) is 9.98. The van der Waals surface area contributed by atoms with Crippen molar-refractivity contribution >= 4 is 26.8 Å². The topological polar surface area (TPSA) is 51.3 Å². The van der Waals surface area contributed by atoms with E-state index < -0.39 is 52.5 Å². The van der Waals surface area contributed by atoms with Crippen molar-refractivity contribution in [2.75, 3.05) is 7.11 Å². The third-order valence-electron chi connectivity index (χ3n) is 6.43. The summed E-state index contributed by atoms with van der Waals surface area (Å²) in [7, 11) is 1.11. The molecule has 0 aliphatic carbocycles. The van der Waals surface area contributed by atoms with Gasteiger partial charge >= 0.3 is 6.18 Å². The summed E-state index contributed by atoms with van der Waals surface area (Å²) in [6, 6.07) is 8.07. The molecule has 0 amide bonds. The van der Waals surface area contributed by atoms with Gasteiger partial charge in [0, 0.05) is 44.5 Å². The number of hydrogen-bond acceptors (Lipinski definition) is 3. The van der Waals surface area contributed by atoms with Gasteiger partial charge in [0.2, 0.25) is 5.82 Å². The largest absolute Gasteiger partial charge is 0.493 e. The number of halogens is 6. The summed E-state index contributed by atoms with van der Waals surface area (Å²) in [5, 5.41) is 0.333. The molecule has 2 heterocycles. The number of pyridine rings is 1. The van der Waals surface area contributed by atoms with Gasteiger partial charge in [-0.25, -0.2) is 4.39 Å². The van der Waals surface area contributed by atoms with Crippen molar-refractivity contribution in [1.29, 1.82) is 0 Å². The smallest absolute Gasteiger partial charge is 0.417 e. The van der Waals surface area contributed by atoms with Gasteiger partial charge in [-0.3, -0.25) is 4.79 Å². The van der Waals surface area contributed by atoms with Crippen molar-refractivity contribution in [3.63, 3.8) is 0 Å². The molecule has 176 valence electrons. The highest BCUT2D eigenvalue weighted by molar-refractivity contribution is 9.10. The Morgan fingerprint density at radius 1 is 1.15 bits per heavy atom. The molecule has 10 heteroatoms. The van der Waals surface area contributed by atoms with Gasteiger partial charge in [-0.05, 0) is 31.2 Å². The average molecular weight is 532 g/mol. The highest BCUT2D eigenvalue weighted by Gasteiger charge is 2.65. The van der Waals surface area contributed by atoms with Crippen molar-refractivity contribution < 1.29 is 31.4 Å². The van der Waals surface area contributed by atoms with E-state index in [1.165, 1.54) is 19.1 Å². The van der Waals surface area contributed by atoms with Crippen molar-refractivity contribution in [3.05, 3.63) is 74.0 Å². The third-order valence-corrected chi connectivity index (χ3v) is 6.92. The van der Waals surface area contributed by atoms with E-state index in [1.54, 1.807) is 18.2 Å². The summed E-state index contributed by atoms with van der Waals surface area (Å²) in [5.41, 5.74) is -2.55. The van der Waals surface area contributed by atoms with E-state index in [0.29, 0.717) is 15.4 Å². The van der Waals surface area contributed by atoms with Gasteiger partial charge in [0.25, 0.3) is 0 Å². The number of rotatable bonds is 3. The number of methoxy groups -OCH3 is 1. The van der Waals surface area contributed by atoms with Crippen LogP contribution < -0.4 is 10.2 Å². The van der Waals surface area contributed by atoms with Gasteiger partial charge in [-0.1, -0.05) is 28.9 Å². The lowest BCUT2D eigenvalue weighted by Gasteiger charge is -2.32. The summed E-state index contributed by atoms with van der Waals surface area (Å²) in [5.74, 6) is -5.34. The lowest BCUT2D eigenvalue weighted by molar-refractivity contribution is -0.275. The van der Waals surface area contributed by atoms with E-state index in [1.807, 2.05) is 0 Å². The predicted molar refractivity (Wildman–Crippen MR) is 115 cm³/mol. The molecule has 4 rings (SSSR count). The molecular formula is C23H19BrF5NO3. The number of aromatic nitrogens is 1. The number of fused-ring (bicyclic) bond motifs is 1. The van der Waals surface area contributed by atoms with Crippen LogP contribution in [-0.4, -0.2) is 23.9 Å². The molecule has 0 saturated carbocycles. The second kappa shape index (κ2) is 8.09. The van der Waals surface area contributed by atoms with Crippen LogP contribution in [0.1, 0.15) is 37.1 Å². The number of aromatic amines is 1. The zero-order valence-corrected chi connectivity index (χ0v) is 19.3. The summed E-state index contributed by atoms with van der Waals surface area (Å²) in [6.45, 7) is 2.24. The summed E-state index contributed by atoms with van der Waals surface area (Å²) in [4.78, 5) is 15.7. The standard InChI is InChI=1S/C23H19BrF5NO3/c1-10-18(12-5-6-14(25)19(26)20(12)32-3)21(33-22(10,2)23(27,28)29)16-9-17(31)13-8-11(24)4-7-15(13)30-16/h4-10,18,21H,1-3H3,(H,30,31)/t10-,18-,21-,22+/m0/s1. The minimum absolute atomic E-state index is 0.0126. The van der Waals surface area contributed by atoms with E-state index >= 15 is 0 Å². The van der Waals surface area contributed by atoms with E-state index in [-0.39, 0.29) is 11.3 Å². The van der Waals surface area contributed by atoms with Gasteiger partial charge in [0.05, 0.1) is 7.11 Å². The Bertz CT molecular complexity index is 1290. The van der Waals surface area contributed by atoms with Gasteiger partial charge in [-0.2, -0.15) is 17.6 Å². The van der Waals surface area contributed by atoms with Crippen molar-refractivity contribution in [3.8, 4) is 5.75 Å². The first-order valence-corrected chi connectivity index (χ1v) is 10.8. The first-order chi connectivity index (χ1) is 15.4. The molecule has 0 radical (unpaired) electrons. The van der Waals surface area contributed by atoms with E-state index in [0.717, 1.165) is 20.1 Å². The molecule has 1 aliphatic rings. The fourth-order valence-electron chi connectivity index (χ4n) is 4.47. The van der Waals surface area contributed by atoms with Crippen LogP contribution in [0.4, 0.5) is 22.0 Å². The van der Waals surface area contributed by atoms with Crippen LogP contribution in [-0.2, 0) is 4.74 Å². The second-order valence-electron chi connectivity index (χ2n) is 8.22. The lowest BCUT2D eigenvalue weighted by Crippen LogP contribution is -2.46. The van der Waals surface area contributed by atoms with Crippen LogP contribution in [0.15, 0.2) is 45.7 Å². The molecule has 1 fully saturated rings. The molecule has 0 spiro atoms. The molecule has 1 aliphatic heterocycles. The second-order valence-corrected chi connectivity index (χ2v) is 9.14. The van der Waals surface area contributed by atoms with Crippen LogP contribution in [0.5, 0.6) is 5.75 Å². The molecule has 4 atom stereocenters. The fraction of sp³-hybridized carbons (Fsp3) is 0.348. The van der Waals surface area contributed by atoms with E-state index in [4.69, 9.17) is 9.47 Å². The summed E-state index contributed by atoms with van der Waals surface area (Å²) in [6.07, 6.45) is -6.08. The number of benzene rings is 2. The van der Waals surface area contributed by atoms with Crippen LogP contribution in [0.2, 0.25) is 0 Å². The van der Waals surface area contributed by atoms with Gasteiger partial charge in [0.1, 0.15) is 6.10 Å². The summed E-state index contributed by atoms with van der Waals surface area (Å²) >= 11 is 3.28. The van der Waals surface area contributed by atoms with Crippen molar-refractivity contribution in [2.45, 2.75) is 37.6 Å². The number of alkyl halides is 3.